The van der Waals surface area contributed by atoms with Gasteiger partial charge in [0.2, 0.25) is 5.91 Å². The minimum atomic E-state index is 0.175. The van der Waals surface area contributed by atoms with Crippen molar-refractivity contribution in [3.05, 3.63) is 27.3 Å². The third-order valence-corrected chi connectivity index (χ3v) is 4.32. The van der Waals surface area contributed by atoms with Crippen molar-refractivity contribution in [2.24, 2.45) is 0 Å². The van der Waals surface area contributed by atoms with E-state index in [1.54, 1.807) is 0 Å². The molecule has 15 heavy (non-hydrogen) atoms. The molecule has 1 aliphatic heterocycles. The van der Waals surface area contributed by atoms with Gasteiger partial charge in [0.05, 0.1) is 5.69 Å². The van der Waals surface area contributed by atoms with Crippen LogP contribution in [0.1, 0.15) is 12.0 Å². The van der Waals surface area contributed by atoms with Crippen LogP contribution in [0.15, 0.2) is 18.2 Å². The molecule has 1 atom stereocenters. The third-order valence-electron chi connectivity index (χ3n) is 2.57. The van der Waals surface area contributed by atoms with Gasteiger partial charge in [-0.15, -0.1) is 0 Å². The molecular weight excluding hydrogens is 321 g/mol. The Morgan fingerprint density at radius 3 is 2.87 bits per heavy atom. The number of hydrogen-bond donors (Lipinski definition) is 1. The number of anilines is 1. The summed E-state index contributed by atoms with van der Waals surface area (Å²) in [6, 6.07) is 6.05. The van der Waals surface area contributed by atoms with Crippen LogP contribution in [-0.4, -0.2) is 17.7 Å². The molecule has 1 heterocycles. The molecule has 1 unspecified atom stereocenters. The zero-order valence-corrected chi connectivity index (χ0v) is 11.5. The minimum Gasteiger partial charge on any atom is -0.310 e. The Morgan fingerprint density at radius 2 is 2.27 bits per heavy atom. The molecule has 1 fully saturated rings. The highest BCUT2D eigenvalue weighted by Crippen LogP contribution is 2.29. The number of carbonyl (C=O) groups is 1. The van der Waals surface area contributed by atoms with Gasteiger partial charge >= 0.3 is 0 Å². The highest BCUT2D eigenvalue weighted by molar-refractivity contribution is 14.1. The van der Waals surface area contributed by atoms with Gasteiger partial charge < -0.3 is 4.90 Å². The lowest BCUT2D eigenvalue weighted by Crippen LogP contribution is -2.25. The summed E-state index contributed by atoms with van der Waals surface area (Å²) in [5.74, 6) is 0.179. The fourth-order valence-corrected chi connectivity index (χ4v) is 2.73. The van der Waals surface area contributed by atoms with Gasteiger partial charge in [-0.2, -0.15) is 12.6 Å². The quantitative estimate of drug-likeness (QED) is 0.619. The van der Waals surface area contributed by atoms with E-state index in [4.69, 9.17) is 0 Å². The Hall–Kier alpha value is -0.230. The first-order chi connectivity index (χ1) is 7.09. The van der Waals surface area contributed by atoms with E-state index >= 15 is 0 Å². The molecule has 0 aliphatic carbocycles. The highest BCUT2D eigenvalue weighted by Gasteiger charge is 2.29. The molecule has 0 N–H and O–H groups in total. The molecule has 1 aliphatic rings. The maximum Gasteiger partial charge on any atom is 0.228 e. The number of rotatable bonds is 1. The van der Waals surface area contributed by atoms with Crippen LogP contribution >= 0.6 is 35.2 Å². The van der Waals surface area contributed by atoms with Crippen molar-refractivity contribution in [2.75, 3.05) is 11.4 Å². The van der Waals surface area contributed by atoms with Gasteiger partial charge in [-0.3, -0.25) is 4.79 Å². The van der Waals surface area contributed by atoms with Gasteiger partial charge in [-0.1, -0.05) is 12.1 Å². The summed E-state index contributed by atoms with van der Waals surface area (Å²) in [5, 5.41) is 0.175. The maximum absolute atomic E-state index is 11.7. The van der Waals surface area contributed by atoms with Crippen LogP contribution in [0, 0.1) is 10.5 Å². The number of halogens is 1. The van der Waals surface area contributed by atoms with Gasteiger partial charge in [0.1, 0.15) is 0 Å². The van der Waals surface area contributed by atoms with Gasteiger partial charge in [-0.25, -0.2) is 0 Å². The second kappa shape index (κ2) is 4.33. The largest absolute Gasteiger partial charge is 0.310 e. The molecule has 2 rings (SSSR count). The normalized spacial score (nSPS) is 21.1. The Labute approximate surface area is 109 Å². The van der Waals surface area contributed by atoms with Crippen LogP contribution in [0.2, 0.25) is 0 Å². The summed E-state index contributed by atoms with van der Waals surface area (Å²) in [6.07, 6.45) is 0.549. The summed E-state index contributed by atoms with van der Waals surface area (Å²) in [5.41, 5.74) is 2.24. The van der Waals surface area contributed by atoms with Crippen molar-refractivity contribution in [1.82, 2.24) is 0 Å². The van der Waals surface area contributed by atoms with E-state index in [1.807, 2.05) is 17.0 Å². The molecule has 0 bridgehead atoms. The number of thiol groups is 1. The van der Waals surface area contributed by atoms with Crippen molar-refractivity contribution in [3.63, 3.8) is 0 Å². The average Bonchev–Trinajstić information content (AvgIpc) is 2.50. The lowest BCUT2D eigenvalue weighted by Gasteiger charge is -2.18. The van der Waals surface area contributed by atoms with Crippen molar-refractivity contribution in [3.8, 4) is 0 Å². The standard InChI is InChI=1S/C11H12INOS/c1-7-3-2-4-9(11(7)12)13-6-8(15)5-10(13)14/h2-4,8,15H,5-6H2,1H3. The Morgan fingerprint density at radius 1 is 1.53 bits per heavy atom. The number of carbonyl (C=O) groups excluding carboxylic acids is 1. The zero-order valence-electron chi connectivity index (χ0n) is 8.40. The van der Waals surface area contributed by atoms with Crippen LogP contribution in [0.25, 0.3) is 0 Å². The number of amides is 1. The van der Waals surface area contributed by atoms with Crippen LogP contribution in [0.4, 0.5) is 5.69 Å². The third kappa shape index (κ3) is 2.15. The summed E-state index contributed by atoms with van der Waals surface area (Å²) < 4.78 is 1.16. The van der Waals surface area contributed by atoms with Gasteiger partial charge in [0.25, 0.3) is 0 Å². The van der Waals surface area contributed by atoms with Crippen molar-refractivity contribution in [1.29, 1.82) is 0 Å². The number of nitrogens with zero attached hydrogens (tertiary/aromatic N) is 1. The van der Waals surface area contributed by atoms with E-state index in [0.29, 0.717) is 6.42 Å². The van der Waals surface area contributed by atoms with Crippen LogP contribution in [-0.2, 0) is 4.79 Å². The summed E-state index contributed by atoms with van der Waals surface area (Å²) >= 11 is 6.65. The van der Waals surface area contributed by atoms with Gasteiger partial charge in [-0.05, 0) is 41.1 Å². The fourth-order valence-electron chi connectivity index (χ4n) is 1.76. The molecule has 0 spiro atoms. The molecule has 4 heteroatoms. The van der Waals surface area contributed by atoms with Crippen LogP contribution < -0.4 is 4.90 Å². The highest BCUT2D eigenvalue weighted by atomic mass is 127. The number of benzene rings is 1. The molecular formula is C11H12INOS. The van der Waals surface area contributed by atoms with Crippen molar-refractivity contribution < 1.29 is 4.79 Å². The summed E-state index contributed by atoms with van der Waals surface area (Å²) in [4.78, 5) is 13.6. The molecule has 1 aromatic carbocycles. The summed E-state index contributed by atoms with van der Waals surface area (Å²) in [7, 11) is 0. The van der Waals surface area contributed by atoms with Crippen LogP contribution in [0.3, 0.4) is 0 Å². The summed E-state index contributed by atoms with van der Waals surface area (Å²) in [6.45, 7) is 2.78. The average molecular weight is 333 g/mol. The topological polar surface area (TPSA) is 20.3 Å². The molecule has 80 valence electrons. The van der Waals surface area contributed by atoms with E-state index in [2.05, 4.69) is 48.2 Å². The Balaban J connectivity index is 2.38. The molecule has 2 nitrogen and oxygen atoms in total. The van der Waals surface area contributed by atoms with Gasteiger partial charge in [0, 0.05) is 21.8 Å². The molecule has 1 amide bonds. The Kier molecular flexibility index (Phi) is 3.25. The minimum absolute atomic E-state index is 0.175. The predicted octanol–water partition coefficient (Wildman–Crippen LogP) is 2.63. The van der Waals surface area contributed by atoms with Crippen LogP contribution in [0.5, 0.6) is 0 Å². The lowest BCUT2D eigenvalue weighted by molar-refractivity contribution is -0.117. The van der Waals surface area contributed by atoms with E-state index in [-0.39, 0.29) is 11.2 Å². The van der Waals surface area contributed by atoms with E-state index in [1.165, 1.54) is 5.56 Å². The first-order valence-corrected chi connectivity index (χ1v) is 6.42. The SMILES string of the molecule is Cc1cccc(N2CC(S)CC2=O)c1I. The van der Waals surface area contributed by atoms with Gasteiger partial charge in [0.15, 0.2) is 0 Å². The molecule has 0 aromatic heterocycles. The van der Waals surface area contributed by atoms with E-state index in [0.717, 1.165) is 15.8 Å². The molecule has 1 aromatic rings. The zero-order chi connectivity index (χ0) is 11.0. The number of aryl methyl sites for hydroxylation is 1. The predicted molar refractivity (Wildman–Crippen MR) is 73.6 cm³/mol. The lowest BCUT2D eigenvalue weighted by atomic mass is 10.2. The van der Waals surface area contributed by atoms with Crippen molar-refractivity contribution in [2.45, 2.75) is 18.6 Å². The first-order valence-electron chi connectivity index (χ1n) is 4.83. The van der Waals surface area contributed by atoms with E-state index in [9.17, 15) is 4.79 Å². The Bertz CT molecular complexity index is 408. The van der Waals surface area contributed by atoms with Crippen molar-refractivity contribution >= 4 is 46.8 Å². The fraction of sp³-hybridized carbons (Fsp3) is 0.364. The number of hydrogen-bond acceptors (Lipinski definition) is 2. The molecule has 0 saturated carbocycles. The van der Waals surface area contributed by atoms with E-state index < -0.39 is 0 Å². The molecule has 1 saturated heterocycles. The smallest absolute Gasteiger partial charge is 0.228 e. The monoisotopic (exact) mass is 333 g/mol. The first kappa shape index (κ1) is 11.3. The second-order valence-electron chi connectivity index (χ2n) is 3.77. The maximum atomic E-state index is 11.7. The molecule has 0 radical (unpaired) electrons. The second-order valence-corrected chi connectivity index (χ2v) is 5.58.